The maximum Gasteiger partial charge on any atom is 0.315 e. The number of carbonyl (C=O) groups is 1. The van der Waals surface area contributed by atoms with Gasteiger partial charge >= 0.3 is 5.69 Å². The first-order valence-corrected chi connectivity index (χ1v) is 10.9. The number of halogens is 1. The highest BCUT2D eigenvalue weighted by Crippen LogP contribution is 2.42. The van der Waals surface area contributed by atoms with E-state index >= 15 is 0 Å². The minimum absolute atomic E-state index is 0.0214. The van der Waals surface area contributed by atoms with Crippen LogP contribution in [0.3, 0.4) is 0 Å². The van der Waals surface area contributed by atoms with Crippen LogP contribution in [0, 0.1) is 40.2 Å². The lowest BCUT2D eigenvalue weighted by Crippen LogP contribution is -2.17. The molecule has 0 aliphatic heterocycles. The number of nitrogens with one attached hydrogen (secondary N) is 1. The first kappa shape index (κ1) is 21.7. The quantitative estimate of drug-likeness (QED) is 0.366. The van der Waals surface area contributed by atoms with E-state index in [-0.39, 0.29) is 29.2 Å². The molecule has 0 radical (unpaired) electrons. The molecule has 1 aliphatic rings. The Morgan fingerprint density at radius 1 is 1.28 bits per heavy atom. The smallest absolute Gasteiger partial charge is 0.305 e. The number of carbonyl (C=O) groups excluding carboxylic acids is 1. The molecule has 160 valence electrons. The molecule has 0 bridgehead atoms. The summed E-state index contributed by atoms with van der Waals surface area (Å²) in [7, 11) is 0. The Morgan fingerprint density at radius 3 is 2.69 bits per heavy atom. The summed E-state index contributed by atoms with van der Waals surface area (Å²) in [4.78, 5) is 27.6. The molecule has 2 atom stereocenters. The van der Waals surface area contributed by atoms with Crippen LogP contribution >= 0.6 is 15.9 Å². The van der Waals surface area contributed by atoms with Crippen LogP contribution < -0.4 is 5.32 Å². The number of amides is 1. The third-order valence-electron chi connectivity index (χ3n) is 5.74. The van der Waals surface area contributed by atoms with Crippen molar-refractivity contribution in [3.8, 4) is 17.2 Å². The van der Waals surface area contributed by atoms with E-state index in [4.69, 9.17) is 0 Å². The largest absolute Gasteiger partial charge is 0.315 e. The lowest BCUT2D eigenvalue weighted by atomic mass is 9.98. The third kappa shape index (κ3) is 4.39. The Bertz CT molecular complexity index is 1250. The molecule has 1 aromatic heterocycles. The maximum atomic E-state index is 12.6. The van der Waals surface area contributed by atoms with Gasteiger partial charge in [0.15, 0.2) is 0 Å². The van der Waals surface area contributed by atoms with Crippen LogP contribution in [0.15, 0.2) is 59.2 Å². The number of rotatable bonds is 6. The van der Waals surface area contributed by atoms with Crippen molar-refractivity contribution in [1.29, 1.82) is 5.26 Å². The van der Waals surface area contributed by atoms with Crippen LogP contribution in [-0.4, -0.2) is 15.8 Å². The van der Waals surface area contributed by atoms with E-state index < -0.39 is 4.92 Å². The van der Waals surface area contributed by atoms with Crippen LogP contribution in [0.4, 0.5) is 11.5 Å². The summed E-state index contributed by atoms with van der Waals surface area (Å²) >= 11 is 3.24. The third-order valence-corrected chi connectivity index (χ3v) is 6.54. The molecular weight excluding hydrogens is 472 g/mol. The molecule has 4 rings (SSSR count). The van der Waals surface area contributed by atoms with Gasteiger partial charge in [-0.25, -0.2) is 4.98 Å². The topological polar surface area (TPSA) is 109 Å². The molecule has 1 amide bonds. The first-order chi connectivity index (χ1) is 15.4. The number of pyridine rings is 1. The van der Waals surface area contributed by atoms with Gasteiger partial charge in [0.25, 0.3) is 0 Å². The first-order valence-electron chi connectivity index (χ1n) is 10.1. The van der Waals surface area contributed by atoms with Gasteiger partial charge in [-0.2, -0.15) is 5.26 Å². The summed E-state index contributed by atoms with van der Waals surface area (Å²) in [5.41, 5.74) is 3.82. The van der Waals surface area contributed by atoms with E-state index in [9.17, 15) is 20.2 Å². The molecule has 0 spiro atoms. The summed E-state index contributed by atoms with van der Waals surface area (Å²) in [6.07, 6.45) is 2.93. The molecule has 7 nitrogen and oxygen atoms in total. The van der Waals surface area contributed by atoms with Crippen molar-refractivity contribution in [3.05, 3.63) is 86.0 Å². The number of benzene rings is 2. The second kappa shape index (κ2) is 8.89. The number of nitrogens with zero attached hydrogens (tertiary/aromatic N) is 3. The second-order valence-electron chi connectivity index (χ2n) is 7.84. The summed E-state index contributed by atoms with van der Waals surface area (Å²) < 4.78 is 0.521. The van der Waals surface area contributed by atoms with Gasteiger partial charge in [0.05, 0.1) is 16.6 Å². The molecule has 2 aromatic carbocycles. The second-order valence-corrected chi connectivity index (χ2v) is 8.69. The molecule has 1 saturated carbocycles. The average molecular weight is 491 g/mol. The van der Waals surface area contributed by atoms with E-state index in [2.05, 4.69) is 32.3 Å². The maximum absolute atomic E-state index is 12.6. The molecular formula is C24H19BrN4O3. The SMILES string of the molecule is Cc1c(Br)cnc(NC(=O)C2CC2Cc2ccc(-c3ccccc3C#N)cc2)c1[N+](=O)[O-]. The summed E-state index contributed by atoms with van der Waals surface area (Å²) in [5, 5.41) is 23.3. The minimum atomic E-state index is -0.529. The molecule has 1 heterocycles. The van der Waals surface area contributed by atoms with Crippen molar-refractivity contribution in [2.24, 2.45) is 11.8 Å². The zero-order valence-corrected chi connectivity index (χ0v) is 18.8. The van der Waals surface area contributed by atoms with E-state index in [1.807, 2.05) is 42.5 Å². The minimum Gasteiger partial charge on any atom is -0.305 e. The van der Waals surface area contributed by atoms with Gasteiger partial charge in [-0.1, -0.05) is 42.5 Å². The standard InChI is InChI=1S/C24H19BrN4O3/c1-14-21(25)13-27-23(22(14)29(31)32)28-24(30)20-11-18(20)10-15-6-8-16(9-7-15)19-5-3-2-4-17(19)12-26/h2-9,13,18,20H,10-11H2,1H3,(H,27,28,30). The monoisotopic (exact) mass is 490 g/mol. The van der Waals surface area contributed by atoms with E-state index in [0.717, 1.165) is 29.5 Å². The van der Waals surface area contributed by atoms with Crippen molar-refractivity contribution in [2.75, 3.05) is 5.32 Å². The molecule has 1 fully saturated rings. The van der Waals surface area contributed by atoms with Crippen molar-refractivity contribution >= 4 is 33.3 Å². The predicted octanol–water partition coefficient (Wildman–Crippen LogP) is 5.42. The van der Waals surface area contributed by atoms with E-state index in [1.165, 1.54) is 6.20 Å². The zero-order chi connectivity index (χ0) is 22.8. The van der Waals surface area contributed by atoms with E-state index in [1.54, 1.807) is 13.0 Å². The highest BCUT2D eigenvalue weighted by molar-refractivity contribution is 9.10. The Hall–Kier alpha value is -3.57. The number of hydrogen-bond donors (Lipinski definition) is 1. The number of nitro groups is 1. The van der Waals surface area contributed by atoms with Gasteiger partial charge in [-0.3, -0.25) is 14.9 Å². The van der Waals surface area contributed by atoms with Crippen molar-refractivity contribution in [3.63, 3.8) is 0 Å². The van der Waals surface area contributed by atoms with Crippen LogP contribution in [0.2, 0.25) is 0 Å². The van der Waals surface area contributed by atoms with Gasteiger partial charge in [-0.05, 0) is 64.4 Å². The van der Waals surface area contributed by atoms with Gasteiger partial charge in [-0.15, -0.1) is 0 Å². The molecule has 8 heteroatoms. The highest BCUT2D eigenvalue weighted by atomic mass is 79.9. The Labute approximate surface area is 193 Å². The van der Waals surface area contributed by atoms with Crippen molar-refractivity contribution < 1.29 is 9.72 Å². The molecule has 1 aliphatic carbocycles. The Kier molecular flexibility index (Phi) is 6.01. The normalized spacial score (nSPS) is 16.8. The lowest BCUT2D eigenvalue weighted by Gasteiger charge is -2.08. The summed E-state index contributed by atoms with van der Waals surface area (Å²) in [5.74, 6) is -0.277. The van der Waals surface area contributed by atoms with Gasteiger partial charge in [0, 0.05) is 22.2 Å². The fourth-order valence-corrected chi connectivity index (χ4v) is 4.13. The van der Waals surface area contributed by atoms with Gasteiger partial charge < -0.3 is 5.32 Å². The van der Waals surface area contributed by atoms with Gasteiger partial charge in [0.1, 0.15) is 0 Å². The zero-order valence-electron chi connectivity index (χ0n) is 17.2. The fourth-order valence-electron chi connectivity index (χ4n) is 3.84. The molecule has 32 heavy (non-hydrogen) atoms. The Balaban J connectivity index is 1.41. The van der Waals surface area contributed by atoms with Crippen LogP contribution in [0.25, 0.3) is 11.1 Å². The lowest BCUT2D eigenvalue weighted by molar-refractivity contribution is -0.384. The summed E-state index contributed by atoms with van der Waals surface area (Å²) in [6, 6.07) is 17.7. The molecule has 3 aromatic rings. The number of anilines is 1. The summed E-state index contributed by atoms with van der Waals surface area (Å²) in [6.45, 7) is 1.61. The molecule has 0 saturated heterocycles. The molecule has 2 unspecified atom stereocenters. The predicted molar refractivity (Wildman–Crippen MR) is 124 cm³/mol. The highest BCUT2D eigenvalue weighted by Gasteiger charge is 2.43. The average Bonchev–Trinajstić information content (AvgIpc) is 3.56. The van der Waals surface area contributed by atoms with Crippen molar-refractivity contribution in [2.45, 2.75) is 19.8 Å². The van der Waals surface area contributed by atoms with Gasteiger partial charge in [0.2, 0.25) is 11.7 Å². The fraction of sp³-hybridized carbons (Fsp3) is 0.208. The van der Waals surface area contributed by atoms with Crippen molar-refractivity contribution in [1.82, 2.24) is 4.98 Å². The molecule has 1 N–H and O–H groups in total. The van der Waals surface area contributed by atoms with Crippen LogP contribution in [-0.2, 0) is 11.2 Å². The van der Waals surface area contributed by atoms with E-state index in [0.29, 0.717) is 15.6 Å². The number of hydrogen-bond acceptors (Lipinski definition) is 5. The number of nitriles is 1. The number of aromatic nitrogens is 1. The van der Waals surface area contributed by atoms with Crippen LogP contribution in [0.5, 0.6) is 0 Å². The van der Waals surface area contributed by atoms with Crippen LogP contribution in [0.1, 0.15) is 23.1 Å². The Morgan fingerprint density at radius 2 is 2.00 bits per heavy atom.